The Labute approximate surface area is 126 Å². The second-order valence-corrected chi connectivity index (χ2v) is 6.17. The quantitative estimate of drug-likeness (QED) is 0.671. The lowest BCUT2D eigenvalue weighted by Crippen LogP contribution is -2.43. The van der Waals surface area contributed by atoms with Gasteiger partial charge in [-0.2, -0.15) is 0 Å². The van der Waals surface area contributed by atoms with E-state index in [1.807, 2.05) is 26.0 Å². The van der Waals surface area contributed by atoms with Crippen molar-refractivity contribution in [3.63, 3.8) is 0 Å². The normalized spacial score (nSPS) is 13.0. The number of hydrogen-bond acceptors (Lipinski definition) is 4. The maximum atomic E-state index is 11.2. The second kappa shape index (κ2) is 7.43. The Balaban J connectivity index is 2.34. The van der Waals surface area contributed by atoms with Crippen LogP contribution in [0.1, 0.15) is 25.0 Å². The molecular formula is C16H26N2O3. The topological polar surface area (TPSA) is 84.6 Å². The van der Waals surface area contributed by atoms with E-state index in [1.54, 1.807) is 13.8 Å². The Bertz CT molecular complexity index is 466. The summed E-state index contributed by atoms with van der Waals surface area (Å²) >= 11 is 0. The molecule has 0 aromatic heterocycles. The summed E-state index contributed by atoms with van der Waals surface area (Å²) in [4.78, 5) is 11.2. The molecule has 21 heavy (non-hydrogen) atoms. The molecule has 5 nitrogen and oxygen atoms in total. The molecule has 1 rings (SSSR count). The van der Waals surface area contributed by atoms with Crippen molar-refractivity contribution < 1.29 is 14.6 Å². The summed E-state index contributed by atoms with van der Waals surface area (Å²) in [5, 5.41) is 12.9. The summed E-state index contributed by atoms with van der Waals surface area (Å²) in [6.07, 6.45) is -0.644. The largest absolute Gasteiger partial charge is 0.491 e. The van der Waals surface area contributed by atoms with E-state index in [0.29, 0.717) is 13.1 Å². The van der Waals surface area contributed by atoms with E-state index in [0.717, 1.165) is 16.9 Å². The van der Waals surface area contributed by atoms with Gasteiger partial charge in [0.2, 0.25) is 5.91 Å². The molecule has 118 valence electrons. The highest BCUT2D eigenvalue weighted by Crippen LogP contribution is 2.16. The van der Waals surface area contributed by atoms with E-state index in [4.69, 9.17) is 10.5 Å². The van der Waals surface area contributed by atoms with Crippen LogP contribution in [0.2, 0.25) is 0 Å². The van der Waals surface area contributed by atoms with Gasteiger partial charge in [0.1, 0.15) is 18.5 Å². The van der Waals surface area contributed by atoms with Crippen LogP contribution >= 0.6 is 0 Å². The zero-order chi connectivity index (χ0) is 16.0. The fraction of sp³-hybridized carbons (Fsp3) is 0.562. The van der Waals surface area contributed by atoms with Crippen LogP contribution in [-0.4, -0.2) is 36.8 Å². The predicted octanol–water partition coefficient (Wildman–Crippen LogP) is 1.14. The van der Waals surface area contributed by atoms with Crippen molar-refractivity contribution in [1.29, 1.82) is 0 Å². The van der Waals surface area contributed by atoms with Gasteiger partial charge < -0.3 is 20.9 Å². The van der Waals surface area contributed by atoms with Crippen LogP contribution in [0.25, 0.3) is 0 Å². The summed E-state index contributed by atoms with van der Waals surface area (Å²) < 4.78 is 5.58. The zero-order valence-corrected chi connectivity index (χ0v) is 13.3. The molecule has 1 aromatic rings. The SMILES string of the molecule is Cc1cc(C)cc(OCC(O)CNCC(C)(C)C(N)=O)c1. The van der Waals surface area contributed by atoms with Crippen LogP contribution in [0.3, 0.4) is 0 Å². The number of aliphatic hydroxyl groups excluding tert-OH is 1. The van der Waals surface area contributed by atoms with Crippen molar-refractivity contribution in [3.8, 4) is 5.75 Å². The first-order valence-corrected chi connectivity index (χ1v) is 7.10. The molecule has 0 spiro atoms. The van der Waals surface area contributed by atoms with Crippen molar-refractivity contribution in [2.24, 2.45) is 11.1 Å². The van der Waals surface area contributed by atoms with Crippen molar-refractivity contribution in [2.75, 3.05) is 19.7 Å². The molecule has 1 atom stereocenters. The molecule has 5 heteroatoms. The number of rotatable bonds is 8. The van der Waals surface area contributed by atoms with Crippen molar-refractivity contribution in [2.45, 2.75) is 33.8 Å². The summed E-state index contributed by atoms with van der Waals surface area (Å²) in [5.74, 6) is 0.389. The minimum absolute atomic E-state index is 0.201. The zero-order valence-electron chi connectivity index (χ0n) is 13.3. The first kappa shape index (κ1) is 17.5. The third-order valence-corrected chi connectivity index (χ3v) is 3.25. The molecule has 4 N–H and O–H groups in total. The van der Waals surface area contributed by atoms with Gasteiger partial charge in [-0.05, 0) is 51.0 Å². The Kier molecular flexibility index (Phi) is 6.18. The van der Waals surface area contributed by atoms with E-state index in [-0.39, 0.29) is 12.5 Å². The minimum atomic E-state index is -0.644. The van der Waals surface area contributed by atoms with Gasteiger partial charge in [-0.25, -0.2) is 0 Å². The number of hydrogen-bond donors (Lipinski definition) is 3. The summed E-state index contributed by atoms with van der Waals surface area (Å²) in [7, 11) is 0. The molecule has 1 unspecified atom stereocenters. The molecule has 0 heterocycles. The number of aryl methyl sites for hydroxylation is 2. The van der Waals surface area contributed by atoms with E-state index >= 15 is 0 Å². The second-order valence-electron chi connectivity index (χ2n) is 6.17. The molecule has 0 aliphatic rings. The van der Waals surface area contributed by atoms with E-state index in [9.17, 15) is 9.90 Å². The number of benzene rings is 1. The van der Waals surface area contributed by atoms with Crippen LogP contribution in [-0.2, 0) is 4.79 Å². The fourth-order valence-electron chi connectivity index (χ4n) is 1.91. The maximum Gasteiger partial charge on any atom is 0.224 e. The minimum Gasteiger partial charge on any atom is -0.491 e. The van der Waals surface area contributed by atoms with Gasteiger partial charge in [-0.15, -0.1) is 0 Å². The first-order valence-electron chi connectivity index (χ1n) is 7.10. The van der Waals surface area contributed by atoms with E-state index in [2.05, 4.69) is 11.4 Å². The van der Waals surface area contributed by atoms with Gasteiger partial charge in [0.15, 0.2) is 0 Å². The molecule has 0 saturated carbocycles. The number of nitrogens with two attached hydrogens (primary N) is 1. The van der Waals surface area contributed by atoms with Crippen LogP contribution in [0.4, 0.5) is 0 Å². The first-order chi connectivity index (χ1) is 9.70. The highest BCUT2D eigenvalue weighted by atomic mass is 16.5. The lowest BCUT2D eigenvalue weighted by atomic mass is 9.93. The van der Waals surface area contributed by atoms with Gasteiger partial charge >= 0.3 is 0 Å². The van der Waals surface area contributed by atoms with Crippen molar-refractivity contribution >= 4 is 5.91 Å². The summed E-state index contributed by atoms with van der Waals surface area (Å²) in [5.41, 5.74) is 6.90. The molecular weight excluding hydrogens is 268 g/mol. The highest BCUT2D eigenvalue weighted by molar-refractivity contribution is 5.80. The third-order valence-electron chi connectivity index (χ3n) is 3.25. The van der Waals surface area contributed by atoms with E-state index in [1.165, 1.54) is 0 Å². The summed E-state index contributed by atoms with van der Waals surface area (Å²) in [6.45, 7) is 8.51. The molecule has 0 bridgehead atoms. The lowest BCUT2D eigenvalue weighted by Gasteiger charge is -2.22. The average Bonchev–Trinajstić information content (AvgIpc) is 2.35. The van der Waals surface area contributed by atoms with Crippen LogP contribution in [0, 0.1) is 19.3 Å². The Morgan fingerprint density at radius 3 is 2.43 bits per heavy atom. The maximum absolute atomic E-state index is 11.2. The number of ether oxygens (including phenoxy) is 1. The molecule has 1 aromatic carbocycles. The average molecular weight is 294 g/mol. The van der Waals surface area contributed by atoms with Gasteiger partial charge in [0.25, 0.3) is 0 Å². The van der Waals surface area contributed by atoms with Crippen molar-refractivity contribution in [1.82, 2.24) is 5.32 Å². The predicted molar refractivity (Wildman–Crippen MR) is 83.3 cm³/mol. The lowest BCUT2D eigenvalue weighted by molar-refractivity contribution is -0.125. The molecule has 0 radical (unpaired) electrons. The molecule has 1 amide bonds. The number of amides is 1. The smallest absolute Gasteiger partial charge is 0.224 e. The number of carbonyl (C=O) groups excluding carboxylic acids is 1. The third kappa shape index (κ3) is 6.14. The van der Waals surface area contributed by atoms with Crippen molar-refractivity contribution in [3.05, 3.63) is 29.3 Å². The molecule has 0 saturated heterocycles. The number of primary amides is 1. The molecule has 0 fully saturated rings. The molecule has 0 aliphatic carbocycles. The highest BCUT2D eigenvalue weighted by Gasteiger charge is 2.24. The van der Waals surface area contributed by atoms with Gasteiger partial charge in [-0.3, -0.25) is 4.79 Å². The summed E-state index contributed by atoms with van der Waals surface area (Å²) in [6, 6.07) is 5.93. The van der Waals surface area contributed by atoms with Gasteiger partial charge in [-0.1, -0.05) is 6.07 Å². The van der Waals surface area contributed by atoms with Gasteiger partial charge in [0, 0.05) is 13.1 Å². The Hall–Kier alpha value is -1.59. The standard InChI is InChI=1S/C16H26N2O3/c1-11-5-12(2)7-14(6-11)21-9-13(19)8-18-10-16(3,4)15(17)20/h5-7,13,18-19H,8-10H2,1-4H3,(H2,17,20). The number of carbonyl (C=O) groups is 1. The monoisotopic (exact) mass is 294 g/mol. The van der Waals surface area contributed by atoms with E-state index < -0.39 is 11.5 Å². The van der Waals surface area contributed by atoms with Crippen LogP contribution in [0.15, 0.2) is 18.2 Å². The number of aliphatic hydroxyl groups is 1. The Morgan fingerprint density at radius 1 is 1.33 bits per heavy atom. The van der Waals surface area contributed by atoms with Crippen LogP contribution in [0.5, 0.6) is 5.75 Å². The molecule has 0 aliphatic heterocycles. The number of nitrogens with one attached hydrogen (secondary N) is 1. The Morgan fingerprint density at radius 2 is 1.90 bits per heavy atom. The van der Waals surface area contributed by atoms with Crippen LogP contribution < -0.4 is 15.8 Å². The fourth-order valence-corrected chi connectivity index (χ4v) is 1.91. The van der Waals surface area contributed by atoms with Gasteiger partial charge in [0.05, 0.1) is 5.41 Å².